The van der Waals surface area contributed by atoms with Crippen LogP contribution in [0.5, 0.6) is 0 Å². The molecule has 0 aliphatic heterocycles. The molecule has 18 heavy (non-hydrogen) atoms. The molecule has 0 bridgehead atoms. The summed E-state index contributed by atoms with van der Waals surface area (Å²) in [5.74, 6) is -0.872. The maximum absolute atomic E-state index is 5.90. The van der Waals surface area contributed by atoms with Gasteiger partial charge in [-0.05, 0) is 18.8 Å². The van der Waals surface area contributed by atoms with E-state index < -0.39 is 11.4 Å². The van der Waals surface area contributed by atoms with Gasteiger partial charge in [-0.1, -0.05) is 52.4 Å². The molecular weight excluding hydrogens is 226 g/mol. The molecule has 0 amide bonds. The van der Waals surface area contributed by atoms with Crippen LogP contribution in [-0.2, 0) is 0 Å². The predicted molar refractivity (Wildman–Crippen MR) is 78.2 cm³/mol. The second kappa shape index (κ2) is 8.07. The summed E-state index contributed by atoms with van der Waals surface area (Å²) in [6.45, 7) is 4.41. The summed E-state index contributed by atoms with van der Waals surface area (Å²) in [7, 11) is 0. The molecule has 110 valence electrons. The molecule has 0 aromatic rings. The Balaban J connectivity index is 4.17. The van der Waals surface area contributed by atoms with Crippen LogP contribution >= 0.6 is 0 Å². The van der Waals surface area contributed by atoms with Gasteiger partial charge in [0, 0.05) is 0 Å². The molecule has 0 aliphatic rings. The quantitative estimate of drug-likeness (QED) is 0.294. The van der Waals surface area contributed by atoms with E-state index >= 15 is 0 Å². The third-order valence-corrected chi connectivity index (χ3v) is 3.69. The Kier molecular flexibility index (Phi) is 7.98. The van der Waals surface area contributed by atoms with Crippen LogP contribution in [0.4, 0.5) is 0 Å². The first-order valence-electron chi connectivity index (χ1n) is 7.19. The van der Waals surface area contributed by atoms with Crippen LogP contribution in [0.15, 0.2) is 0 Å². The van der Waals surface area contributed by atoms with E-state index in [9.17, 15) is 0 Å². The van der Waals surface area contributed by atoms with Crippen LogP contribution in [0, 0.1) is 5.92 Å². The van der Waals surface area contributed by atoms with Gasteiger partial charge in [0.2, 0.25) is 0 Å². The van der Waals surface area contributed by atoms with Gasteiger partial charge in [-0.2, -0.15) is 0 Å². The van der Waals surface area contributed by atoms with Crippen LogP contribution < -0.4 is 28.7 Å². The molecule has 10 N–H and O–H groups in total. The average molecular weight is 259 g/mol. The first-order valence-corrected chi connectivity index (χ1v) is 7.19. The highest BCUT2D eigenvalue weighted by Crippen LogP contribution is 2.23. The van der Waals surface area contributed by atoms with E-state index in [0.717, 1.165) is 6.42 Å². The molecule has 0 heterocycles. The third kappa shape index (κ3) is 6.66. The van der Waals surface area contributed by atoms with Crippen LogP contribution in [0.25, 0.3) is 0 Å². The zero-order chi connectivity index (χ0) is 14.2. The number of hydrogen-bond acceptors (Lipinski definition) is 5. The van der Waals surface area contributed by atoms with Crippen molar-refractivity contribution in [2.75, 3.05) is 0 Å². The van der Waals surface area contributed by atoms with Crippen LogP contribution in [0.3, 0.4) is 0 Å². The summed E-state index contributed by atoms with van der Waals surface area (Å²) in [4.78, 5) is 0. The Morgan fingerprint density at radius 3 is 1.83 bits per heavy atom. The highest BCUT2D eigenvalue weighted by Gasteiger charge is 2.36. The fraction of sp³-hybridized carbons (Fsp3) is 1.00. The predicted octanol–water partition coefficient (Wildman–Crippen LogP) is 0.907. The summed E-state index contributed by atoms with van der Waals surface area (Å²) >= 11 is 0. The Labute approximate surface area is 112 Å². The van der Waals surface area contributed by atoms with Gasteiger partial charge in [0.1, 0.15) is 11.4 Å². The minimum atomic E-state index is -1.52. The molecule has 0 fully saturated rings. The van der Waals surface area contributed by atoms with E-state index in [1.54, 1.807) is 0 Å². The summed E-state index contributed by atoms with van der Waals surface area (Å²) in [6, 6.07) is 0. The first-order chi connectivity index (χ1) is 8.24. The van der Waals surface area contributed by atoms with Crippen molar-refractivity contribution in [1.29, 1.82) is 0 Å². The molecule has 0 rings (SSSR count). The molecule has 5 nitrogen and oxygen atoms in total. The molecule has 0 aromatic carbocycles. The van der Waals surface area contributed by atoms with Crippen molar-refractivity contribution >= 4 is 0 Å². The van der Waals surface area contributed by atoms with Gasteiger partial charge in [-0.15, -0.1) is 0 Å². The van der Waals surface area contributed by atoms with Crippen molar-refractivity contribution < 1.29 is 0 Å². The van der Waals surface area contributed by atoms with Crippen molar-refractivity contribution in [2.45, 2.75) is 76.7 Å². The van der Waals surface area contributed by atoms with Crippen molar-refractivity contribution in [3.63, 3.8) is 0 Å². The van der Waals surface area contributed by atoms with Crippen molar-refractivity contribution in [2.24, 2.45) is 34.6 Å². The number of unbranched alkanes of at least 4 members (excludes halogenated alkanes) is 2. The van der Waals surface area contributed by atoms with Crippen LogP contribution in [0.1, 0.15) is 65.2 Å². The number of nitrogens with two attached hydrogens (primary N) is 5. The average Bonchev–Trinajstić information content (AvgIpc) is 2.24. The second-order valence-electron chi connectivity index (χ2n) is 5.66. The normalized spacial score (nSPS) is 14.8. The maximum atomic E-state index is 5.90. The number of hydrogen-bond donors (Lipinski definition) is 5. The molecule has 0 saturated heterocycles. The lowest BCUT2D eigenvalue weighted by atomic mass is 9.87. The molecule has 1 unspecified atom stereocenters. The molecule has 0 spiro atoms. The topological polar surface area (TPSA) is 130 Å². The zero-order valence-corrected chi connectivity index (χ0v) is 12.1. The Hall–Kier alpha value is -0.200. The highest BCUT2D eigenvalue weighted by molar-refractivity contribution is 4.94. The van der Waals surface area contributed by atoms with Gasteiger partial charge in [-0.3, -0.25) is 17.2 Å². The van der Waals surface area contributed by atoms with Crippen molar-refractivity contribution in [3.8, 4) is 0 Å². The van der Waals surface area contributed by atoms with Gasteiger partial charge >= 0.3 is 0 Å². The van der Waals surface area contributed by atoms with Crippen molar-refractivity contribution in [1.82, 2.24) is 0 Å². The maximum Gasteiger partial charge on any atom is 0.148 e. The Morgan fingerprint density at radius 1 is 0.778 bits per heavy atom. The van der Waals surface area contributed by atoms with Gasteiger partial charge in [0.05, 0.1) is 0 Å². The summed E-state index contributed by atoms with van der Waals surface area (Å²) in [5, 5.41) is 0. The Bertz CT molecular complexity index is 210. The molecule has 0 aromatic heterocycles. The number of rotatable bonds is 10. The van der Waals surface area contributed by atoms with Gasteiger partial charge in [0.25, 0.3) is 0 Å². The summed E-state index contributed by atoms with van der Waals surface area (Å²) in [5.41, 5.74) is 27.4. The minimum absolute atomic E-state index is 0.563. The fourth-order valence-corrected chi connectivity index (χ4v) is 2.18. The molecule has 5 heteroatoms. The zero-order valence-electron chi connectivity index (χ0n) is 12.1. The lowest BCUT2D eigenvalue weighted by Crippen LogP contribution is -2.80. The van der Waals surface area contributed by atoms with E-state index in [1.807, 2.05) is 0 Å². The van der Waals surface area contributed by atoms with Crippen LogP contribution in [-0.4, -0.2) is 11.4 Å². The highest BCUT2D eigenvalue weighted by atomic mass is 15.2. The van der Waals surface area contributed by atoms with Gasteiger partial charge < -0.3 is 11.5 Å². The Morgan fingerprint density at radius 2 is 1.39 bits per heavy atom. The van der Waals surface area contributed by atoms with E-state index in [2.05, 4.69) is 13.8 Å². The molecule has 0 radical (unpaired) electrons. The summed E-state index contributed by atoms with van der Waals surface area (Å²) in [6.07, 6.45) is 8.90. The first kappa shape index (κ1) is 17.8. The second-order valence-corrected chi connectivity index (χ2v) is 5.66. The minimum Gasteiger partial charge on any atom is -0.310 e. The third-order valence-electron chi connectivity index (χ3n) is 3.69. The lowest BCUT2D eigenvalue weighted by Gasteiger charge is -2.37. The van der Waals surface area contributed by atoms with Crippen LogP contribution in [0.2, 0.25) is 0 Å². The molecule has 1 atom stereocenters. The lowest BCUT2D eigenvalue weighted by molar-refractivity contribution is 0.201. The SMILES string of the molecule is CCCCCC(CCC)CCC(N)(N)C(N)(N)N. The summed E-state index contributed by atoms with van der Waals surface area (Å²) < 4.78 is 0. The largest absolute Gasteiger partial charge is 0.310 e. The van der Waals surface area contributed by atoms with Crippen molar-refractivity contribution in [3.05, 3.63) is 0 Å². The standard InChI is InChI=1S/C13H33N5/c1-3-5-6-8-11(7-4-2)9-10-12(14,15)13(16,17)18/h11H,3-10,14-18H2,1-2H3. The molecule has 0 saturated carbocycles. The van der Waals surface area contributed by atoms with E-state index in [-0.39, 0.29) is 0 Å². The fourth-order valence-electron chi connectivity index (χ4n) is 2.18. The van der Waals surface area contributed by atoms with E-state index in [1.165, 1.54) is 38.5 Å². The monoisotopic (exact) mass is 259 g/mol. The molecular formula is C13H33N5. The smallest absolute Gasteiger partial charge is 0.148 e. The van der Waals surface area contributed by atoms with E-state index in [4.69, 9.17) is 28.7 Å². The van der Waals surface area contributed by atoms with E-state index in [0.29, 0.717) is 12.3 Å². The van der Waals surface area contributed by atoms with Gasteiger partial charge in [0.15, 0.2) is 0 Å². The molecule has 0 aliphatic carbocycles. The van der Waals surface area contributed by atoms with Gasteiger partial charge in [-0.25, -0.2) is 0 Å².